The van der Waals surface area contributed by atoms with E-state index >= 15 is 0 Å². The van der Waals surface area contributed by atoms with Gasteiger partial charge in [-0.25, -0.2) is 4.39 Å². The predicted molar refractivity (Wildman–Crippen MR) is 85.7 cm³/mol. The van der Waals surface area contributed by atoms with Crippen molar-refractivity contribution in [2.75, 3.05) is 6.54 Å². The van der Waals surface area contributed by atoms with Crippen LogP contribution in [-0.4, -0.2) is 17.0 Å². The van der Waals surface area contributed by atoms with Crippen LogP contribution in [0.15, 0.2) is 54.7 Å². The van der Waals surface area contributed by atoms with Crippen LogP contribution in [0.3, 0.4) is 0 Å². The molecular formula is C17H14ClFN2O. The van der Waals surface area contributed by atoms with Gasteiger partial charge in [0.05, 0.1) is 10.6 Å². The maximum atomic E-state index is 13.7. The quantitative estimate of drug-likeness (QED) is 0.779. The second kappa shape index (κ2) is 6.20. The van der Waals surface area contributed by atoms with Crippen LogP contribution in [0.1, 0.15) is 10.4 Å². The second-order valence-corrected chi connectivity index (χ2v) is 5.33. The third kappa shape index (κ3) is 2.83. The molecule has 0 radical (unpaired) electrons. The van der Waals surface area contributed by atoms with Crippen molar-refractivity contribution in [3.8, 4) is 0 Å². The zero-order chi connectivity index (χ0) is 15.5. The Bertz CT molecular complexity index is 808. The van der Waals surface area contributed by atoms with Gasteiger partial charge in [-0.05, 0) is 29.7 Å². The van der Waals surface area contributed by atoms with Gasteiger partial charge in [-0.15, -0.1) is 0 Å². The number of carbonyl (C=O) groups excluding carboxylic acids is 1. The van der Waals surface area contributed by atoms with E-state index in [1.54, 1.807) is 0 Å². The molecular weight excluding hydrogens is 303 g/mol. The summed E-state index contributed by atoms with van der Waals surface area (Å²) in [6, 6.07) is 14.2. The average molecular weight is 317 g/mol. The molecule has 0 aliphatic heterocycles. The van der Waals surface area contributed by atoms with Crippen LogP contribution in [-0.2, 0) is 6.54 Å². The highest BCUT2D eigenvalue weighted by Gasteiger charge is 2.15. The summed E-state index contributed by atoms with van der Waals surface area (Å²) < 4.78 is 15.7. The molecule has 2 aromatic carbocycles. The molecule has 1 amide bonds. The van der Waals surface area contributed by atoms with E-state index in [-0.39, 0.29) is 10.6 Å². The lowest BCUT2D eigenvalue weighted by atomic mass is 10.2. The Hall–Kier alpha value is -2.33. The second-order valence-electron chi connectivity index (χ2n) is 4.92. The number of carbonyl (C=O) groups is 1. The smallest absolute Gasteiger partial charge is 0.255 e. The molecule has 0 aliphatic rings. The number of rotatable bonds is 4. The molecule has 0 saturated heterocycles. The maximum Gasteiger partial charge on any atom is 0.255 e. The van der Waals surface area contributed by atoms with Gasteiger partial charge in [0.25, 0.3) is 5.91 Å². The number of hydrogen-bond acceptors (Lipinski definition) is 1. The molecule has 5 heteroatoms. The SMILES string of the molecule is O=C(NCCn1ccc2ccccc21)c1c(F)cccc1Cl. The Balaban J connectivity index is 1.67. The standard InChI is InChI=1S/C17H14ClFN2O/c18-13-5-3-6-14(19)16(13)17(22)20-9-11-21-10-8-12-4-1-2-7-15(12)21/h1-8,10H,9,11H2,(H,20,22). The lowest BCUT2D eigenvalue weighted by Gasteiger charge is -2.09. The Morgan fingerprint density at radius 3 is 2.77 bits per heavy atom. The zero-order valence-electron chi connectivity index (χ0n) is 11.7. The Morgan fingerprint density at radius 2 is 1.95 bits per heavy atom. The first-order valence-corrected chi connectivity index (χ1v) is 7.31. The number of benzene rings is 2. The summed E-state index contributed by atoms with van der Waals surface area (Å²) >= 11 is 5.87. The van der Waals surface area contributed by atoms with Crippen LogP contribution in [0.5, 0.6) is 0 Å². The summed E-state index contributed by atoms with van der Waals surface area (Å²) in [4.78, 5) is 12.0. The van der Waals surface area contributed by atoms with Crippen molar-refractivity contribution in [2.45, 2.75) is 6.54 Å². The molecule has 0 bridgehead atoms. The summed E-state index contributed by atoms with van der Waals surface area (Å²) in [6.45, 7) is 0.994. The van der Waals surface area contributed by atoms with Crippen LogP contribution in [0, 0.1) is 5.82 Å². The van der Waals surface area contributed by atoms with Gasteiger partial charge >= 0.3 is 0 Å². The first kappa shape index (κ1) is 14.6. The van der Waals surface area contributed by atoms with Gasteiger partial charge < -0.3 is 9.88 Å². The maximum absolute atomic E-state index is 13.7. The van der Waals surface area contributed by atoms with Gasteiger partial charge in [0.1, 0.15) is 5.82 Å². The summed E-state index contributed by atoms with van der Waals surface area (Å²) in [5.74, 6) is -1.11. The predicted octanol–water partition coefficient (Wildman–Crippen LogP) is 3.86. The van der Waals surface area contributed by atoms with Gasteiger partial charge in [0.2, 0.25) is 0 Å². The number of para-hydroxylation sites is 1. The number of nitrogens with one attached hydrogen (secondary N) is 1. The van der Waals surface area contributed by atoms with E-state index in [4.69, 9.17) is 11.6 Å². The summed E-state index contributed by atoms with van der Waals surface area (Å²) in [7, 11) is 0. The normalized spacial score (nSPS) is 10.8. The number of aromatic nitrogens is 1. The highest BCUT2D eigenvalue weighted by atomic mass is 35.5. The molecule has 0 fully saturated rings. The molecule has 0 aliphatic carbocycles. The molecule has 112 valence electrons. The molecule has 1 heterocycles. The molecule has 3 aromatic rings. The van der Waals surface area contributed by atoms with Crippen LogP contribution in [0.4, 0.5) is 4.39 Å². The third-order valence-electron chi connectivity index (χ3n) is 3.51. The molecule has 1 aromatic heterocycles. The fraction of sp³-hybridized carbons (Fsp3) is 0.118. The van der Waals surface area contributed by atoms with E-state index in [2.05, 4.69) is 5.32 Å². The molecule has 3 rings (SSSR count). The molecule has 22 heavy (non-hydrogen) atoms. The first-order valence-electron chi connectivity index (χ1n) is 6.93. The summed E-state index contributed by atoms with van der Waals surface area (Å²) in [5, 5.41) is 3.96. The van der Waals surface area contributed by atoms with Crippen molar-refractivity contribution in [1.29, 1.82) is 0 Å². The monoisotopic (exact) mass is 316 g/mol. The van der Waals surface area contributed by atoms with Gasteiger partial charge in [0, 0.05) is 24.8 Å². The summed E-state index contributed by atoms with van der Waals surface area (Å²) in [5.41, 5.74) is 0.988. The molecule has 0 spiro atoms. The van der Waals surface area contributed by atoms with Crippen LogP contribution in [0.25, 0.3) is 10.9 Å². The molecule has 1 N–H and O–H groups in total. The van der Waals surface area contributed by atoms with Crippen molar-refractivity contribution >= 4 is 28.4 Å². The highest BCUT2D eigenvalue weighted by Crippen LogP contribution is 2.18. The minimum absolute atomic E-state index is 0.110. The molecule has 0 unspecified atom stereocenters. The minimum Gasteiger partial charge on any atom is -0.350 e. The van der Waals surface area contributed by atoms with E-state index in [0.717, 1.165) is 10.9 Å². The Kier molecular flexibility index (Phi) is 4.11. The van der Waals surface area contributed by atoms with Crippen molar-refractivity contribution < 1.29 is 9.18 Å². The van der Waals surface area contributed by atoms with Crippen LogP contribution < -0.4 is 5.32 Å². The number of hydrogen-bond donors (Lipinski definition) is 1. The van der Waals surface area contributed by atoms with Crippen molar-refractivity contribution in [1.82, 2.24) is 9.88 Å². The third-order valence-corrected chi connectivity index (χ3v) is 3.82. The van der Waals surface area contributed by atoms with Crippen LogP contribution >= 0.6 is 11.6 Å². The average Bonchev–Trinajstić information content (AvgIpc) is 2.91. The lowest BCUT2D eigenvalue weighted by molar-refractivity contribution is 0.0948. The van der Waals surface area contributed by atoms with Crippen molar-refractivity contribution in [3.63, 3.8) is 0 Å². The van der Waals surface area contributed by atoms with E-state index in [9.17, 15) is 9.18 Å². The van der Waals surface area contributed by atoms with E-state index < -0.39 is 11.7 Å². The number of amides is 1. The minimum atomic E-state index is -0.614. The van der Waals surface area contributed by atoms with Gasteiger partial charge in [-0.1, -0.05) is 35.9 Å². The summed E-state index contributed by atoms with van der Waals surface area (Å²) in [6.07, 6.45) is 1.97. The van der Waals surface area contributed by atoms with E-state index in [1.165, 1.54) is 18.2 Å². The number of nitrogens with zero attached hydrogens (tertiary/aromatic N) is 1. The fourth-order valence-corrected chi connectivity index (χ4v) is 2.68. The topological polar surface area (TPSA) is 34.0 Å². The largest absolute Gasteiger partial charge is 0.350 e. The van der Waals surface area contributed by atoms with Gasteiger partial charge in [-0.2, -0.15) is 0 Å². The van der Waals surface area contributed by atoms with Crippen LogP contribution in [0.2, 0.25) is 5.02 Å². The Labute approximate surface area is 132 Å². The van der Waals surface area contributed by atoms with Gasteiger partial charge in [0.15, 0.2) is 0 Å². The van der Waals surface area contributed by atoms with E-state index in [0.29, 0.717) is 13.1 Å². The fourth-order valence-electron chi connectivity index (χ4n) is 2.43. The van der Waals surface area contributed by atoms with E-state index in [1.807, 2.05) is 41.1 Å². The number of halogens is 2. The molecule has 0 saturated carbocycles. The Morgan fingerprint density at radius 1 is 1.14 bits per heavy atom. The van der Waals surface area contributed by atoms with Gasteiger partial charge in [-0.3, -0.25) is 4.79 Å². The van der Waals surface area contributed by atoms with Crippen molar-refractivity contribution in [2.24, 2.45) is 0 Å². The zero-order valence-corrected chi connectivity index (χ0v) is 12.5. The highest BCUT2D eigenvalue weighted by molar-refractivity contribution is 6.33. The molecule has 0 atom stereocenters. The molecule has 3 nitrogen and oxygen atoms in total. The van der Waals surface area contributed by atoms with Crippen molar-refractivity contribution in [3.05, 3.63) is 71.1 Å². The number of fused-ring (bicyclic) bond motifs is 1. The lowest BCUT2D eigenvalue weighted by Crippen LogP contribution is -2.28. The first-order chi connectivity index (χ1) is 10.7.